The van der Waals surface area contributed by atoms with E-state index in [1.165, 1.54) is 0 Å². The molecular formula is C24H29ClN6O. The highest BCUT2D eigenvalue weighted by atomic mass is 35.5. The zero-order valence-electron chi connectivity index (χ0n) is 19.0. The van der Waals surface area contributed by atoms with Crippen LogP contribution in [-0.2, 0) is 4.79 Å². The van der Waals surface area contributed by atoms with Crippen molar-refractivity contribution in [2.45, 2.75) is 26.7 Å². The van der Waals surface area contributed by atoms with Crippen LogP contribution >= 0.6 is 11.6 Å². The number of nitrogens with zero attached hydrogens (tertiary/aromatic N) is 5. The molecule has 3 rings (SSSR count). The van der Waals surface area contributed by atoms with Crippen LogP contribution in [0.1, 0.15) is 25.3 Å². The molecule has 0 atom stereocenters. The van der Waals surface area contributed by atoms with Crippen molar-refractivity contribution in [3.05, 3.63) is 59.4 Å². The fourth-order valence-corrected chi connectivity index (χ4v) is 3.61. The van der Waals surface area contributed by atoms with Crippen LogP contribution in [-0.4, -0.2) is 48.0 Å². The highest BCUT2D eigenvalue weighted by molar-refractivity contribution is 6.30. The fraction of sp³-hybridized carbons (Fsp3) is 0.333. The van der Waals surface area contributed by atoms with E-state index in [9.17, 15) is 4.79 Å². The Morgan fingerprint density at radius 2 is 1.91 bits per heavy atom. The zero-order chi connectivity index (χ0) is 23.1. The summed E-state index contributed by atoms with van der Waals surface area (Å²) >= 11 is 6.14. The molecule has 0 bridgehead atoms. The average molecular weight is 453 g/mol. The number of hydrogen-bond acceptors (Lipinski definition) is 6. The normalized spacial score (nSPS) is 10.7. The molecule has 7 nitrogen and oxygen atoms in total. The van der Waals surface area contributed by atoms with E-state index >= 15 is 0 Å². The van der Waals surface area contributed by atoms with E-state index in [0.29, 0.717) is 23.9 Å². The molecule has 1 N–H and O–H groups in total. The first-order valence-electron chi connectivity index (χ1n) is 10.7. The summed E-state index contributed by atoms with van der Waals surface area (Å²) in [6, 6.07) is 11.5. The summed E-state index contributed by atoms with van der Waals surface area (Å²) in [6.45, 7) is 5.34. The number of aromatic nitrogens is 3. The molecule has 0 aliphatic heterocycles. The number of amides is 1. The van der Waals surface area contributed by atoms with Gasteiger partial charge in [-0.05, 0) is 43.7 Å². The quantitative estimate of drug-likeness (QED) is 0.477. The van der Waals surface area contributed by atoms with Gasteiger partial charge < -0.3 is 15.1 Å². The Labute approximate surface area is 194 Å². The van der Waals surface area contributed by atoms with Crippen molar-refractivity contribution in [3.63, 3.8) is 0 Å². The minimum atomic E-state index is 0.0752. The van der Waals surface area contributed by atoms with Crippen molar-refractivity contribution in [1.82, 2.24) is 20.3 Å². The highest BCUT2D eigenvalue weighted by Crippen LogP contribution is 2.29. The largest absolute Gasteiger partial charge is 0.359 e. The van der Waals surface area contributed by atoms with Gasteiger partial charge in [-0.1, -0.05) is 24.6 Å². The van der Waals surface area contributed by atoms with Gasteiger partial charge in [0.1, 0.15) is 5.82 Å². The van der Waals surface area contributed by atoms with Gasteiger partial charge in [0.2, 0.25) is 11.9 Å². The van der Waals surface area contributed by atoms with E-state index in [4.69, 9.17) is 16.6 Å². The molecule has 0 saturated carbocycles. The van der Waals surface area contributed by atoms with Gasteiger partial charge in [0.15, 0.2) is 0 Å². The molecule has 32 heavy (non-hydrogen) atoms. The number of nitrogens with one attached hydrogen (secondary N) is 1. The topological polar surface area (TPSA) is 74.2 Å². The maximum atomic E-state index is 11.4. The van der Waals surface area contributed by atoms with Crippen molar-refractivity contribution >= 4 is 35.0 Å². The Hall–Kier alpha value is -3.19. The monoisotopic (exact) mass is 452 g/mol. The minimum Gasteiger partial charge on any atom is -0.359 e. The van der Waals surface area contributed by atoms with Gasteiger partial charge in [-0.15, -0.1) is 0 Å². The highest BCUT2D eigenvalue weighted by Gasteiger charge is 2.14. The molecule has 0 spiro atoms. The van der Waals surface area contributed by atoms with Crippen LogP contribution in [0.25, 0.3) is 11.3 Å². The predicted molar refractivity (Wildman–Crippen MR) is 131 cm³/mol. The zero-order valence-corrected chi connectivity index (χ0v) is 19.7. The SMILES string of the molecule is CCC(=O)NCCCN(C)c1nccc(-c2ccnc(N(C)c3cccc(Cl)c3)n2)c1C. The Balaban J connectivity index is 1.79. The van der Waals surface area contributed by atoms with Crippen LogP contribution < -0.4 is 15.1 Å². The summed E-state index contributed by atoms with van der Waals surface area (Å²) < 4.78 is 0. The molecule has 1 aromatic carbocycles. The Morgan fingerprint density at radius 3 is 2.66 bits per heavy atom. The number of hydrogen-bond donors (Lipinski definition) is 1. The molecule has 2 aromatic heterocycles. The molecule has 8 heteroatoms. The maximum absolute atomic E-state index is 11.4. The Kier molecular flexibility index (Phi) is 8.00. The summed E-state index contributed by atoms with van der Waals surface area (Å²) in [5, 5.41) is 3.57. The fourth-order valence-electron chi connectivity index (χ4n) is 3.42. The number of benzene rings is 1. The lowest BCUT2D eigenvalue weighted by molar-refractivity contribution is -0.120. The first-order chi connectivity index (χ1) is 15.4. The lowest BCUT2D eigenvalue weighted by Gasteiger charge is -2.22. The third kappa shape index (κ3) is 5.73. The maximum Gasteiger partial charge on any atom is 0.230 e. The van der Waals surface area contributed by atoms with E-state index in [0.717, 1.165) is 41.3 Å². The number of pyridine rings is 1. The summed E-state index contributed by atoms with van der Waals surface area (Å²) in [6.07, 6.45) is 4.91. The number of carbonyl (C=O) groups is 1. The third-order valence-electron chi connectivity index (χ3n) is 5.27. The molecule has 2 heterocycles. The first-order valence-corrected chi connectivity index (χ1v) is 11.0. The smallest absolute Gasteiger partial charge is 0.230 e. The van der Waals surface area contributed by atoms with E-state index in [2.05, 4.69) is 27.1 Å². The van der Waals surface area contributed by atoms with Crippen molar-refractivity contribution in [3.8, 4) is 11.3 Å². The number of halogens is 1. The van der Waals surface area contributed by atoms with Crippen LogP contribution in [0.4, 0.5) is 17.5 Å². The van der Waals surface area contributed by atoms with Crippen molar-refractivity contribution in [2.75, 3.05) is 37.0 Å². The molecule has 1 amide bonds. The molecule has 168 valence electrons. The van der Waals surface area contributed by atoms with Gasteiger partial charge in [0, 0.05) is 67.8 Å². The molecule has 0 radical (unpaired) electrons. The molecule has 0 fully saturated rings. The van der Waals surface area contributed by atoms with E-state index in [-0.39, 0.29) is 5.91 Å². The van der Waals surface area contributed by atoms with Crippen molar-refractivity contribution < 1.29 is 4.79 Å². The second-order valence-corrected chi connectivity index (χ2v) is 8.00. The molecule has 0 saturated heterocycles. The number of anilines is 3. The van der Waals surface area contributed by atoms with E-state index in [1.54, 1.807) is 12.4 Å². The summed E-state index contributed by atoms with van der Waals surface area (Å²) in [5.41, 5.74) is 3.79. The second kappa shape index (κ2) is 10.9. The van der Waals surface area contributed by atoms with Crippen LogP contribution in [0.15, 0.2) is 48.8 Å². The van der Waals surface area contributed by atoms with Gasteiger partial charge in [-0.25, -0.2) is 15.0 Å². The predicted octanol–water partition coefficient (Wildman–Crippen LogP) is 4.62. The average Bonchev–Trinajstić information content (AvgIpc) is 2.81. The van der Waals surface area contributed by atoms with Gasteiger partial charge in [0.05, 0.1) is 5.69 Å². The molecule has 0 aliphatic rings. The third-order valence-corrected chi connectivity index (χ3v) is 5.50. The molecule has 0 aliphatic carbocycles. The van der Waals surface area contributed by atoms with Crippen molar-refractivity contribution in [2.24, 2.45) is 0 Å². The van der Waals surface area contributed by atoms with Gasteiger partial charge in [0.25, 0.3) is 0 Å². The Morgan fingerprint density at radius 1 is 1.12 bits per heavy atom. The van der Waals surface area contributed by atoms with Gasteiger partial charge in [-0.2, -0.15) is 0 Å². The lowest BCUT2D eigenvalue weighted by atomic mass is 10.1. The van der Waals surface area contributed by atoms with E-state index in [1.807, 2.05) is 62.3 Å². The first kappa shape index (κ1) is 23.5. The van der Waals surface area contributed by atoms with Crippen molar-refractivity contribution in [1.29, 1.82) is 0 Å². The summed E-state index contributed by atoms with van der Waals surface area (Å²) in [5.74, 6) is 1.56. The molecule has 3 aromatic rings. The number of carbonyl (C=O) groups excluding carboxylic acids is 1. The van der Waals surface area contributed by atoms with Gasteiger partial charge >= 0.3 is 0 Å². The minimum absolute atomic E-state index is 0.0752. The van der Waals surface area contributed by atoms with Crippen LogP contribution in [0.2, 0.25) is 5.02 Å². The summed E-state index contributed by atoms with van der Waals surface area (Å²) in [4.78, 5) is 29.2. The Bertz CT molecular complexity index is 1070. The van der Waals surface area contributed by atoms with Gasteiger partial charge in [-0.3, -0.25) is 4.79 Å². The standard InChI is InChI=1S/C24H29ClN6O/c1-5-22(32)26-12-7-15-30(3)23-17(2)20(10-13-27-23)21-11-14-28-24(29-21)31(4)19-9-6-8-18(25)16-19/h6,8-11,13-14,16H,5,7,12,15H2,1-4H3,(H,26,32). The van der Waals surface area contributed by atoms with E-state index < -0.39 is 0 Å². The number of rotatable bonds is 9. The van der Waals surface area contributed by atoms with Crippen LogP contribution in [0.5, 0.6) is 0 Å². The van der Waals surface area contributed by atoms with Crippen LogP contribution in [0, 0.1) is 6.92 Å². The molecule has 0 unspecified atom stereocenters. The summed E-state index contributed by atoms with van der Waals surface area (Å²) in [7, 11) is 3.93. The molecular weight excluding hydrogens is 424 g/mol. The second-order valence-electron chi connectivity index (χ2n) is 7.57. The lowest BCUT2D eigenvalue weighted by Crippen LogP contribution is -2.28. The van der Waals surface area contributed by atoms with Crippen LogP contribution in [0.3, 0.4) is 0 Å².